The number of imidazole rings is 1. The minimum Gasteiger partial charge on any atom is -0.447 e. The summed E-state index contributed by atoms with van der Waals surface area (Å²) in [7, 11) is 1.93. The number of hydrogen-bond acceptors (Lipinski definition) is 7. The number of ketones is 1. The number of Topliss-reactive ketones (excluding diaryl/α,β-unsaturated/α-hetero) is 1. The zero-order chi connectivity index (χ0) is 23.3. The largest absolute Gasteiger partial charge is 0.447 e. The molecule has 0 spiro atoms. The van der Waals surface area contributed by atoms with Crippen molar-refractivity contribution in [2.45, 2.75) is 20.0 Å². The number of ether oxygens (including phenoxy) is 1. The Morgan fingerprint density at radius 1 is 1.25 bits per heavy atom. The maximum atomic E-state index is 11.7. The predicted octanol–water partition coefficient (Wildman–Crippen LogP) is 3.08. The Labute approximate surface area is 189 Å². The fraction of sp³-hybridized carbons (Fsp3) is 0.286. The van der Waals surface area contributed by atoms with Gasteiger partial charge in [0.25, 0.3) is 0 Å². The lowest BCUT2D eigenvalue weighted by Gasteiger charge is -2.23. The molecule has 1 fully saturated rings. The number of fused-ring (bicyclic) bond motifs is 1. The van der Waals surface area contributed by atoms with E-state index in [4.69, 9.17) is 16.3 Å². The van der Waals surface area contributed by atoms with Crippen molar-refractivity contribution in [3.05, 3.63) is 41.8 Å². The van der Waals surface area contributed by atoms with Crippen LogP contribution in [-0.2, 0) is 14.3 Å². The third kappa shape index (κ3) is 6.02. The maximum absolute atomic E-state index is 11.7. The summed E-state index contributed by atoms with van der Waals surface area (Å²) in [4.78, 5) is 43.0. The third-order valence-electron chi connectivity index (χ3n) is 4.26. The van der Waals surface area contributed by atoms with Crippen LogP contribution in [-0.4, -0.2) is 63.8 Å². The van der Waals surface area contributed by atoms with E-state index in [0.29, 0.717) is 58.7 Å². The first kappa shape index (κ1) is 23.2. The third-order valence-corrected chi connectivity index (χ3v) is 4.59. The van der Waals surface area contributed by atoms with Crippen molar-refractivity contribution in [1.82, 2.24) is 19.3 Å². The fourth-order valence-corrected chi connectivity index (χ4v) is 3.09. The molecule has 0 unspecified atom stereocenters. The Bertz CT molecular complexity index is 1140. The van der Waals surface area contributed by atoms with Crippen LogP contribution in [0.5, 0.6) is 0 Å². The van der Waals surface area contributed by atoms with E-state index in [0.717, 1.165) is 0 Å². The van der Waals surface area contributed by atoms with E-state index in [1.807, 2.05) is 11.9 Å². The second-order valence-corrected chi connectivity index (χ2v) is 7.83. The van der Waals surface area contributed by atoms with Gasteiger partial charge in [0.2, 0.25) is 12.2 Å². The quantitative estimate of drug-likeness (QED) is 0.564. The molecule has 3 aromatic rings. The lowest BCUT2D eigenvalue weighted by atomic mass is 10.1. The average Bonchev–Trinajstić information content (AvgIpc) is 3.11. The molecule has 32 heavy (non-hydrogen) atoms. The molecule has 10 nitrogen and oxygen atoms in total. The van der Waals surface area contributed by atoms with Crippen LogP contribution in [0.1, 0.15) is 13.8 Å². The molecular weight excluding hydrogens is 436 g/mol. The fourth-order valence-electron chi connectivity index (χ4n) is 2.88. The topological polar surface area (TPSA) is 118 Å². The first-order valence-electron chi connectivity index (χ1n) is 9.78. The molecule has 0 aliphatic carbocycles. The molecule has 0 radical (unpaired) electrons. The van der Waals surface area contributed by atoms with E-state index >= 15 is 0 Å². The average molecular weight is 459 g/mol. The second-order valence-electron chi connectivity index (χ2n) is 7.42. The van der Waals surface area contributed by atoms with Crippen LogP contribution in [0.2, 0.25) is 5.02 Å². The molecule has 4 rings (SSSR count). The van der Waals surface area contributed by atoms with Crippen LogP contribution in [0.3, 0.4) is 0 Å². The lowest BCUT2D eigenvalue weighted by molar-refractivity contribution is -0.127. The minimum absolute atomic E-state index is 0.221. The van der Waals surface area contributed by atoms with Gasteiger partial charge in [-0.2, -0.15) is 0 Å². The number of anilines is 2. The van der Waals surface area contributed by atoms with Gasteiger partial charge in [-0.05, 0) is 39.1 Å². The number of halogens is 1. The molecule has 2 amide bonds. The predicted molar refractivity (Wildman–Crippen MR) is 121 cm³/mol. The van der Waals surface area contributed by atoms with E-state index in [1.54, 1.807) is 48.8 Å². The number of aromatic nitrogens is 3. The highest BCUT2D eigenvalue weighted by molar-refractivity contribution is 6.33. The Morgan fingerprint density at radius 3 is 2.59 bits per heavy atom. The number of nitrogens with zero attached hydrogens (tertiary/aromatic N) is 4. The van der Waals surface area contributed by atoms with Crippen molar-refractivity contribution in [3.8, 4) is 11.3 Å². The van der Waals surface area contributed by atoms with Gasteiger partial charge in [0.1, 0.15) is 0 Å². The molecule has 1 aliphatic rings. The van der Waals surface area contributed by atoms with Crippen molar-refractivity contribution in [2.24, 2.45) is 0 Å². The van der Waals surface area contributed by atoms with Gasteiger partial charge in [-0.25, -0.2) is 14.8 Å². The number of nitrogens with one attached hydrogen (secondary N) is 2. The molecular formula is C21H23ClN6O4. The molecule has 11 heteroatoms. The number of benzene rings is 1. The SMILES string of the molecule is CC(C)OC(=O)Nc1cnc2nc(-c3cc(NC=O)ccc3Cl)cn2c1.CN1CC(=O)C1. The van der Waals surface area contributed by atoms with Gasteiger partial charge in [0.15, 0.2) is 5.78 Å². The van der Waals surface area contributed by atoms with Crippen LogP contribution in [0.15, 0.2) is 36.8 Å². The molecule has 2 N–H and O–H groups in total. The van der Waals surface area contributed by atoms with Crippen molar-refractivity contribution in [3.63, 3.8) is 0 Å². The highest BCUT2D eigenvalue weighted by atomic mass is 35.5. The molecule has 1 saturated heterocycles. The zero-order valence-corrected chi connectivity index (χ0v) is 18.6. The van der Waals surface area contributed by atoms with Crippen LogP contribution in [0.4, 0.5) is 16.2 Å². The number of rotatable bonds is 5. The highest BCUT2D eigenvalue weighted by Gasteiger charge is 2.17. The number of carbonyl (C=O) groups is 3. The maximum Gasteiger partial charge on any atom is 0.411 e. The molecule has 2 aromatic heterocycles. The molecule has 0 bridgehead atoms. The van der Waals surface area contributed by atoms with Crippen LogP contribution >= 0.6 is 11.6 Å². The van der Waals surface area contributed by atoms with Crippen LogP contribution in [0.25, 0.3) is 17.0 Å². The van der Waals surface area contributed by atoms with E-state index < -0.39 is 6.09 Å². The van der Waals surface area contributed by atoms with Gasteiger partial charge in [-0.3, -0.25) is 24.2 Å². The van der Waals surface area contributed by atoms with Crippen molar-refractivity contribution in [2.75, 3.05) is 30.8 Å². The van der Waals surface area contributed by atoms with Crippen LogP contribution < -0.4 is 10.6 Å². The lowest BCUT2D eigenvalue weighted by Crippen LogP contribution is -2.43. The van der Waals surface area contributed by atoms with Crippen molar-refractivity contribution in [1.29, 1.82) is 0 Å². The summed E-state index contributed by atoms with van der Waals surface area (Å²) in [5.74, 6) is 0.796. The normalized spacial score (nSPS) is 13.2. The van der Waals surface area contributed by atoms with Gasteiger partial charge in [0, 0.05) is 23.6 Å². The smallest absolute Gasteiger partial charge is 0.411 e. The molecule has 0 atom stereocenters. The van der Waals surface area contributed by atoms with Gasteiger partial charge in [0.05, 0.1) is 41.8 Å². The molecule has 0 saturated carbocycles. The number of likely N-dealkylation sites (tertiary alicyclic amines) is 1. The highest BCUT2D eigenvalue weighted by Crippen LogP contribution is 2.30. The van der Waals surface area contributed by atoms with Gasteiger partial charge in [-0.15, -0.1) is 0 Å². The molecule has 3 heterocycles. The van der Waals surface area contributed by atoms with Gasteiger partial charge in [-0.1, -0.05) is 11.6 Å². The van der Waals surface area contributed by atoms with Crippen LogP contribution in [0, 0.1) is 0 Å². The summed E-state index contributed by atoms with van der Waals surface area (Å²) < 4.78 is 6.70. The first-order chi connectivity index (χ1) is 15.2. The van der Waals surface area contributed by atoms with E-state index in [1.165, 1.54) is 6.20 Å². The van der Waals surface area contributed by atoms with E-state index in [-0.39, 0.29) is 6.10 Å². The molecule has 1 aromatic carbocycles. The van der Waals surface area contributed by atoms with E-state index in [9.17, 15) is 14.4 Å². The summed E-state index contributed by atoms with van der Waals surface area (Å²) in [6.45, 7) is 4.86. The summed E-state index contributed by atoms with van der Waals surface area (Å²) in [5.41, 5.74) is 2.30. The Kier molecular flexibility index (Phi) is 7.39. The summed E-state index contributed by atoms with van der Waals surface area (Å²) in [5, 5.41) is 5.67. The monoisotopic (exact) mass is 458 g/mol. The van der Waals surface area contributed by atoms with Gasteiger partial charge < -0.3 is 10.1 Å². The number of likely N-dealkylation sites (N-methyl/N-ethyl adjacent to an activating group) is 1. The zero-order valence-electron chi connectivity index (χ0n) is 17.8. The van der Waals surface area contributed by atoms with E-state index in [2.05, 4.69) is 20.6 Å². The molecule has 168 valence electrons. The molecule has 1 aliphatic heterocycles. The Hall–Kier alpha value is -3.50. The second kappa shape index (κ2) is 10.2. The summed E-state index contributed by atoms with van der Waals surface area (Å²) in [6, 6.07) is 5.09. The number of carbonyl (C=O) groups excluding carboxylic acids is 3. The minimum atomic E-state index is -0.558. The Morgan fingerprint density at radius 2 is 2.00 bits per heavy atom. The Balaban J connectivity index is 0.000000416. The number of amides is 2. The van der Waals surface area contributed by atoms with Gasteiger partial charge >= 0.3 is 6.09 Å². The number of hydrogen-bond donors (Lipinski definition) is 2. The van der Waals surface area contributed by atoms with Crippen molar-refractivity contribution < 1.29 is 19.1 Å². The van der Waals surface area contributed by atoms with Crippen molar-refractivity contribution >= 4 is 47.0 Å². The summed E-state index contributed by atoms with van der Waals surface area (Å²) >= 11 is 6.25. The standard InChI is InChI=1S/C17H16ClN5O3.C4H7NO/c1-10(2)26-17(25)21-12-6-19-16-22-15(8-23(16)7-12)13-5-11(20-9-24)3-4-14(13)18;1-5-2-4(6)3-5/h3-10H,1-2H3,(H,20,24)(H,21,25);2-3H2,1H3. The first-order valence-corrected chi connectivity index (χ1v) is 10.2. The summed E-state index contributed by atoms with van der Waals surface area (Å²) in [6.07, 6.45) is 4.69.